The largest absolute Gasteiger partial charge is 0.466 e. The van der Waals surface area contributed by atoms with Crippen molar-refractivity contribution in [2.45, 2.75) is 464 Å². The lowest BCUT2D eigenvalue weighted by Crippen LogP contribution is -2.23. The molecule has 0 aliphatic carbocycles. The summed E-state index contributed by atoms with van der Waals surface area (Å²) in [7, 11) is 0. The third kappa shape index (κ3) is 64.2. The third-order valence-corrected chi connectivity index (χ3v) is 18.4. The average Bonchev–Trinajstić information content (AvgIpc) is 3.53. The predicted molar refractivity (Wildman–Crippen MR) is 382 cm³/mol. The number of hydrogen-bond acceptors (Lipinski definition) is 12. The highest BCUT2D eigenvalue weighted by molar-refractivity contribution is 5.71. The van der Waals surface area contributed by atoms with Gasteiger partial charge in [-0.2, -0.15) is 0 Å². The van der Waals surface area contributed by atoms with Gasteiger partial charge in [-0.05, 0) is 128 Å². The lowest BCUT2D eigenvalue weighted by Gasteiger charge is -2.23. The fourth-order valence-electron chi connectivity index (χ4n) is 12.3. The average molecular weight is 1300 g/mol. The molecule has 0 saturated heterocycles. The van der Waals surface area contributed by atoms with E-state index in [4.69, 9.17) is 28.4 Å². The van der Waals surface area contributed by atoms with Gasteiger partial charge in [-0.25, -0.2) is 0 Å². The van der Waals surface area contributed by atoms with Gasteiger partial charge in [0.15, 0.2) is 0 Å². The zero-order valence-electron chi connectivity index (χ0n) is 61.5. The molecule has 0 saturated carbocycles. The summed E-state index contributed by atoms with van der Waals surface area (Å²) in [5, 5.41) is 0. The van der Waals surface area contributed by atoms with E-state index in [1.54, 1.807) is 0 Å². The van der Waals surface area contributed by atoms with Crippen LogP contribution in [0.4, 0.5) is 0 Å². The van der Waals surface area contributed by atoms with Crippen LogP contribution in [0, 0.1) is 0 Å². The molecule has 0 aromatic heterocycles. The Bertz CT molecular complexity index is 1650. The first-order chi connectivity index (χ1) is 45.0. The van der Waals surface area contributed by atoms with E-state index in [-0.39, 0.29) is 60.2 Å². The first-order valence-electron chi connectivity index (χ1n) is 40.1. The normalized spacial score (nSPS) is 12.7. The van der Waals surface area contributed by atoms with Crippen molar-refractivity contribution in [3.63, 3.8) is 0 Å². The Morgan fingerprint density at radius 2 is 0.348 bits per heavy atom. The number of rotatable bonds is 73. The molecule has 12 heteroatoms. The molecule has 92 heavy (non-hydrogen) atoms. The second-order valence-electron chi connectivity index (χ2n) is 27.5. The van der Waals surface area contributed by atoms with Gasteiger partial charge >= 0.3 is 35.8 Å². The first kappa shape index (κ1) is 88.8. The minimum absolute atomic E-state index is 0.0806. The first-order valence-corrected chi connectivity index (χ1v) is 40.1. The summed E-state index contributed by atoms with van der Waals surface area (Å²) in [5.41, 5.74) is 0. The summed E-state index contributed by atoms with van der Waals surface area (Å²) in [5.74, 6) is -0.524. The topological polar surface area (TPSA) is 158 Å². The summed E-state index contributed by atoms with van der Waals surface area (Å²) in [6.07, 6.45) is 60.7. The summed E-state index contributed by atoms with van der Waals surface area (Å²) < 4.78 is 35.5. The van der Waals surface area contributed by atoms with Crippen LogP contribution >= 0.6 is 0 Å². The van der Waals surface area contributed by atoms with E-state index in [2.05, 4.69) is 41.5 Å². The molecule has 0 heterocycles. The van der Waals surface area contributed by atoms with Crippen LogP contribution in [0.5, 0.6) is 0 Å². The van der Waals surface area contributed by atoms with Gasteiger partial charge in [0.25, 0.3) is 0 Å². The fourth-order valence-corrected chi connectivity index (χ4v) is 12.3. The summed E-state index contributed by atoms with van der Waals surface area (Å²) in [6, 6.07) is 0. The maximum Gasteiger partial charge on any atom is 0.306 e. The number of esters is 6. The molecule has 0 spiro atoms. The predicted octanol–water partition coefficient (Wildman–Crippen LogP) is 24.0. The highest BCUT2D eigenvalue weighted by Crippen LogP contribution is 2.24. The second kappa shape index (κ2) is 70.6. The van der Waals surface area contributed by atoms with Crippen molar-refractivity contribution < 1.29 is 57.2 Å². The molecule has 0 bridgehead atoms. The molecule has 0 rings (SSSR count). The molecule has 0 aromatic rings. The molecular formula is C80H150O12. The molecule has 0 aromatic carbocycles. The maximum absolute atomic E-state index is 13.0. The van der Waals surface area contributed by atoms with Gasteiger partial charge < -0.3 is 28.4 Å². The van der Waals surface area contributed by atoms with E-state index in [1.807, 2.05) is 0 Å². The quantitative estimate of drug-likeness (QED) is 0.0323. The van der Waals surface area contributed by atoms with Crippen molar-refractivity contribution in [1.82, 2.24) is 0 Å². The number of ether oxygens (including phenoxy) is 6. The van der Waals surface area contributed by atoms with E-state index in [1.165, 1.54) is 116 Å². The second-order valence-corrected chi connectivity index (χ2v) is 27.5. The summed E-state index contributed by atoms with van der Waals surface area (Å²) in [6.45, 7) is 14.2. The molecule has 4 unspecified atom stereocenters. The molecule has 0 fully saturated rings. The van der Waals surface area contributed by atoms with Gasteiger partial charge in [0.2, 0.25) is 0 Å². The van der Waals surface area contributed by atoms with Crippen molar-refractivity contribution >= 4 is 35.8 Å². The van der Waals surface area contributed by atoms with E-state index in [0.717, 1.165) is 244 Å². The van der Waals surface area contributed by atoms with Crippen LogP contribution in [0.3, 0.4) is 0 Å². The van der Waals surface area contributed by atoms with Gasteiger partial charge in [0.1, 0.15) is 24.4 Å². The number of carbonyl (C=O) groups excluding carboxylic acids is 6. The Morgan fingerprint density at radius 3 is 0.587 bits per heavy atom. The van der Waals surface area contributed by atoms with Crippen LogP contribution in [0.15, 0.2) is 0 Å². The van der Waals surface area contributed by atoms with Gasteiger partial charge in [0.05, 0.1) is 13.2 Å². The molecule has 4 atom stereocenters. The fraction of sp³-hybridized carbons (Fsp3) is 0.925. The van der Waals surface area contributed by atoms with E-state index < -0.39 is 0 Å². The molecular weight excluding hydrogens is 1150 g/mol. The van der Waals surface area contributed by atoms with Crippen molar-refractivity contribution in [1.29, 1.82) is 0 Å². The highest BCUT2D eigenvalue weighted by atomic mass is 16.6. The minimum Gasteiger partial charge on any atom is -0.466 e. The number of unbranched alkanes of at least 4 members (excludes halogenated alkanes) is 39. The van der Waals surface area contributed by atoms with Crippen LogP contribution in [-0.2, 0) is 57.2 Å². The zero-order valence-corrected chi connectivity index (χ0v) is 61.5. The monoisotopic (exact) mass is 1300 g/mol. The number of carbonyl (C=O) groups is 6. The molecule has 542 valence electrons. The third-order valence-electron chi connectivity index (χ3n) is 18.4. The van der Waals surface area contributed by atoms with Crippen molar-refractivity contribution in [2.24, 2.45) is 0 Å². The summed E-state index contributed by atoms with van der Waals surface area (Å²) in [4.78, 5) is 76.5. The Labute approximate surface area is 567 Å². The Morgan fingerprint density at radius 1 is 0.185 bits per heavy atom. The van der Waals surface area contributed by atoms with Crippen LogP contribution in [0.25, 0.3) is 0 Å². The molecule has 0 aliphatic heterocycles. The van der Waals surface area contributed by atoms with Crippen molar-refractivity contribution in [3.8, 4) is 0 Å². The highest BCUT2D eigenvalue weighted by Gasteiger charge is 2.23. The molecule has 0 aliphatic rings. The smallest absolute Gasteiger partial charge is 0.306 e. The Kier molecular flexibility index (Phi) is 68.2. The molecule has 0 N–H and O–H groups in total. The van der Waals surface area contributed by atoms with E-state index in [0.29, 0.717) is 51.7 Å². The van der Waals surface area contributed by atoms with Crippen LogP contribution in [0.2, 0.25) is 0 Å². The van der Waals surface area contributed by atoms with Crippen LogP contribution in [0.1, 0.15) is 440 Å². The standard InChI is InChI=1S/C80H150O12/c1-7-13-19-33-49-61-77(83)89-71(55-43-18-12-6)65-66-73(91-79(85)63-51-35-21-15-9-3)57-45-37-28-29-39-47-59-75(81)87-69-53-41-30-26-24-25-27-31-42-54-70-88-76(82)60-48-40-32-38-46-58-74(92-80(86)64-52-36-22-16-10-4)68-67-72(56-44-23-17-11-5)90-78(84)62-50-34-20-14-8-2/h71-74H,7-70H2,1-6H3. The van der Waals surface area contributed by atoms with Crippen LogP contribution < -0.4 is 0 Å². The van der Waals surface area contributed by atoms with Gasteiger partial charge in [-0.3, -0.25) is 28.8 Å². The molecule has 12 nitrogen and oxygen atoms in total. The number of hydrogen-bond donors (Lipinski definition) is 0. The van der Waals surface area contributed by atoms with Gasteiger partial charge in [-0.15, -0.1) is 0 Å². The maximum atomic E-state index is 13.0. The molecule has 0 amide bonds. The van der Waals surface area contributed by atoms with E-state index in [9.17, 15) is 28.8 Å². The molecule has 0 radical (unpaired) electrons. The van der Waals surface area contributed by atoms with Gasteiger partial charge in [-0.1, -0.05) is 273 Å². The van der Waals surface area contributed by atoms with Crippen molar-refractivity contribution in [2.75, 3.05) is 13.2 Å². The lowest BCUT2D eigenvalue weighted by atomic mass is 9.99. The SMILES string of the molecule is CCCCCCCC(=O)OC(CCCCC)CCC(CCCCCCCCC(=O)OCCCCCCCCCCCCOC(=O)CCCCCCCC(CCC(CCCCCC)OC(=O)CCCCCCC)OC(=O)CCCCCCC)OC(=O)CCCCCCC. The zero-order chi connectivity index (χ0) is 67.3. The Balaban J connectivity index is 4.31. The summed E-state index contributed by atoms with van der Waals surface area (Å²) >= 11 is 0. The van der Waals surface area contributed by atoms with Crippen LogP contribution in [-0.4, -0.2) is 73.4 Å². The lowest BCUT2D eigenvalue weighted by molar-refractivity contribution is -0.154. The minimum atomic E-state index is -0.159. The van der Waals surface area contributed by atoms with E-state index >= 15 is 0 Å². The Hall–Kier alpha value is -3.18. The van der Waals surface area contributed by atoms with Gasteiger partial charge in [0, 0.05) is 38.5 Å². The van der Waals surface area contributed by atoms with Crippen molar-refractivity contribution in [3.05, 3.63) is 0 Å².